The third-order valence-electron chi connectivity index (χ3n) is 3.34. The van der Waals surface area contributed by atoms with Crippen LogP contribution in [0.2, 0.25) is 0 Å². The topological polar surface area (TPSA) is 102 Å². The van der Waals surface area contributed by atoms with Gasteiger partial charge in [0.15, 0.2) is 17.2 Å². The Hall–Kier alpha value is -2.89. The third kappa shape index (κ3) is 4.06. The van der Waals surface area contributed by atoms with Crippen LogP contribution in [-0.2, 0) is 5.41 Å². The van der Waals surface area contributed by atoms with Crippen molar-refractivity contribution in [2.75, 3.05) is 10.6 Å². The van der Waals surface area contributed by atoms with Crippen LogP contribution < -0.4 is 10.6 Å². The summed E-state index contributed by atoms with van der Waals surface area (Å²) < 4.78 is 0. The molecular weight excluding hydrogens is 296 g/mol. The number of benzene rings is 2. The number of hydrogen-bond donors (Lipinski definition) is 5. The van der Waals surface area contributed by atoms with Crippen molar-refractivity contribution in [1.29, 1.82) is 0 Å². The second-order valence-electron chi connectivity index (χ2n) is 6.27. The largest absolute Gasteiger partial charge is 0.504 e. The van der Waals surface area contributed by atoms with Crippen molar-refractivity contribution in [2.45, 2.75) is 26.2 Å². The molecule has 0 bridgehead atoms. The highest BCUT2D eigenvalue weighted by Gasteiger charge is 2.14. The van der Waals surface area contributed by atoms with Crippen molar-refractivity contribution >= 4 is 17.4 Å². The molecule has 0 fully saturated rings. The van der Waals surface area contributed by atoms with Crippen LogP contribution in [0.15, 0.2) is 36.4 Å². The molecule has 0 aromatic heterocycles. The van der Waals surface area contributed by atoms with Crippen molar-refractivity contribution in [1.82, 2.24) is 0 Å². The Bertz CT molecular complexity index is 695. The minimum absolute atomic E-state index is 0.0296. The third-order valence-corrected chi connectivity index (χ3v) is 3.34. The zero-order valence-electron chi connectivity index (χ0n) is 13.2. The maximum absolute atomic E-state index is 11.9. The molecule has 0 atom stereocenters. The molecule has 0 aliphatic carbocycles. The van der Waals surface area contributed by atoms with Gasteiger partial charge >= 0.3 is 6.03 Å². The Labute approximate surface area is 134 Å². The fraction of sp³-hybridized carbons (Fsp3) is 0.235. The van der Waals surface area contributed by atoms with Crippen LogP contribution in [0.1, 0.15) is 26.3 Å². The van der Waals surface area contributed by atoms with Gasteiger partial charge in [-0.05, 0) is 23.1 Å². The van der Waals surface area contributed by atoms with Crippen molar-refractivity contribution in [3.63, 3.8) is 0 Å². The van der Waals surface area contributed by atoms with Gasteiger partial charge in [0.1, 0.15) is 0 Å². The van der Waals surface area contributed by atoms with E-state index in [0.29, 0.717) is 5.69 Å². The van der Waals surface area contributed by atoms with E-state index in [-0.39, 0.29) is 11.1 Å². The monoisotopic (exact) mass is 316 g/mol. The van der Waals surface area contributed by atoms with Crippen molar-refractivity contribution in [3.8, 4) is 17.2 Å². The average molecular weight is 316 g/mol. The molecule has 2 aromatic rings. The average Bonchev–Trinajstić information content (AvgIpc) is 2.44. The van der Waals surface area contributed by atoms with E-state index < -0.39 is 23.3 Å². The van der Waals surface area contributed by atoms with E-state index in [9.17, 15) is 20.1 Å². The van der Waals surface area contributed by atoms with Crippen molar-refractivity contribution in [2.24, 2.45) is 0 Å². The van der Waals surface area contributed by atoms with Crippen molar-refractivity contribution in [3.05, 3.63) is 42.0 Å². The number of rotatable bonds is 2. The van der Waals surface area contributed by atoms with Gasteiger partial charge in [-0.25, -0.2) is 4.79 Å². The number of carbonyl (C=O) groups excluding carboxylic acids is 1. The zero-order chi connectivity index (χ0) is 17.2. The Balaban J connectivity index is 2.05. The smallest absolute Gasteiger partial charge is 0.323 e. The van der Waals surface area contributed by atoms with Gasteiger partial charge in [-0.15, -0.1) is 0 Å². The molecule has 0 radical (unpaired) electrons. The van der Waals surface area contributed by atoms with Crippen LogP contribution >= 0.6 is 0 Å². The van der Waals surface area contributed by atoms with Gasteiger partial charge < -0.3 is 26.0 Å². The molecule has 0 saturated carbocycles. The fourth-order valence-electron chi connectivity index (χ4n) is 2.02. The molecule has 6 heteroatoms. The first-order chi connectivity index (χ1) is 10.7. The highest BCUT2D eigenvalue weighted by molar-refractivity contribution is 6.00. The summed E-state index contributed by atoms with van der Waals surface area (Å²) in [6.45, 7) is 6.31. The summed E-state index contributed by atoms with van der Waals surface area (Å²) in [5, 5.41) is 33.2. The van der Waals surface area contributed by atoms with Gasteiger partial charge in [-0.2, -0.15) is 0 Å². The van der Waals surface area contributed by atoms with E-state index in [2.05, 4.69) is 31.4 Å². The van der Waals surface area contributed by atoms with E-state index in [0.717, 1.165) is 17.7 Å². The number of phenolic OH excluding ortho intramolecular Hbond substituents is 3. The lowest BCUT2D eigenvalue weighted by Crippen LogP contribution is -2.19. The molecule has 0 saturated heterocycles. The van der Waals surface area contributed by atoms with Crippen LogP contribution in [0.25, 0.3) is 0 Å². The Morgan fingerprint density at radius 3 is 1.83 bits per heavy atom. The summed E-state index contributed by atoms with van der Waals surface area (Å²) >= 11 is 0. The first-order valence-corrected chi connectivity index (χ1v) is 7.10. The molecule has 122 valence electrons. The SMILES string of the molecule is CC(C)(C)c1ccc(NC(=O)Nc2cc(O)c(O)c(O)c2)cc1. The Morgan fingerprint density at radius 2 is 1.35 bits per heavy atom. The maximum Gasteiger partial charge on any atom is 0.323 e. The van der Waals surface area contributed by atoms with Gasteiger partial charge in [0, 0.05) is 17.8 Å². The number of phenols is 3. The van der Waals surface area contributed by atoms with Gasteiger partial charge in [0.05, 0.1) is 5.69 Å². The van der Waals surface area contributed by atoms with Crippen molar-refractivity contribution < 1.29 is 20.1 Å². The van der Waals surface area contributed by atoms with E-state index in [1.807, 2.05) is 12.1 Å². The quantitative estimate of drug-likeness (QED) is 0.430. The van der Waals surface area contributed by atoms with Crippen LogP contribution in [-0.4, -0.2) is 21.4 Å². The molecule has 2 amide bonds. The van der Waals surface area contributed by atoms with Crippen LogP contribution in [0.5, 0.6) is 17.2 Å². The summed E-state index contributed by atoms with van der Waals surface area (Å²) in [6.07, 6.45) is 0. The molecular formula is C17H20N2O4. The number of anilines is 2. The lowest BCUT2D eigenvalue weighted by molar-refractivity contribution is 0.262. The van der Waals surface area contributed by atoms with Gasteiger partial charge in [0.25, 0.3) is 0 Å². The first kappa shape index (κ1) is 16.5. The highest BCUT2D eigenvalue weighted by Crippen LogP contribution is 2.37. The minimum Gasteiger partial charge on any atom is -0.504 e. The molecule has 5 N–H and O–H groups in total. The van der Waals surface area contributed by atoms with Crippen LogP contribution in [0, 0.1) is 0 Å². The van der Waals surface area contributed by atoms with E-state index >= 15 is 0 Å². The molecule has 0 unspecified atom stereocenters. The van der Waals surface area contributed by atoms with Crippen LogP contribution in [0.4, 0.5) is 16.2 Å². The summed E-state index contributed by atoms with van der Waals surface area (Å²) in [5.41, 5.74) is 1.95. The van der Waals surface area contributed by atoms with E-state index in [4.69, 9.17) is 0 Å². The van der Waals surface area contributed by atoms with Gasteiger partial charge in [0.2, 0.25) is 0 Å². The highest BCUT2D eigenvalue weighted by atomic mass is 16.3. The standard InChI is InChI=1S/C17H20N2O4/c1-17(2,3)10-4-6-11(7-5-10)18-16(23)19-12-8-13(20)15(22)14(21)9-12/h4-9,20-22H,1-3H3,(H2,18,19,23). The summed E-state index contributed by atoms with van der Waals surface area (Å²) in [6, 6.07) is 9.21. The molecule has 0 spiro atoms. The van der Waals surface area contributed by atoms with Gasteiger partial charge in [-0.3, -0.25) is 0 Å². The molecule has 2 aromatic carbocycles. The predicted octanol–water partition coefficient (Wildman–Crippen LogP) is 3.74. The normalized spacial score (nSPS) is 11.1. The summed E-state index contributed by atoms with van der Waals surface area (Å²) in [5.74, 6) is -1.67. The maximum atomic E-state index is 11.9. The lowest BCUT2D eigenvalue weighted by Gasteiger charge is -2.19. The molecule has 23 heavy (non-hydrogen) atoms. The van der Waals surface area contributed by atoms with E-state index in [1.165, 1.54) is 0 Å². The number of hydrogen-bond acceptors (Lipinski definition) is 4. The second-order valence-corrected chi connectivity index (χ2v) is 6.27. The Morgan fingerprint density at radius 1 is 0.870 bits per heavy atom. The number of urea groups is 1. The number of aromatic hydroxyl groups is 3. The van der Waals surface area contributed by atoms with E-state index in [1.54, 1.807) is 12.1 Å². The van der Waals surface area contributed by atoms with Crippen LogP contribution in [0.3, 0.4) is 0 Å². The molecule has 0 heterocycles. The lowest BCUT2D eigenvalue weighted by atomic mass is 9.87. The Kier molecular flexibility index (Phi) is 4.36. The number of nitrogens with one attached hydrogen (secondary N) is 2. The number of carbonyl (C=O) groups is 1. The van der Waals surface area contributed by atoms with Gasteiger partial charge in [-0.1, -0.05) is 32.9 Å². The minimum atomic E-state index is -0.631. The fourth-order valence-corrected chi connectivity index (χ4v) is 2.02. The molecule has 2 rings (SSSR count). The predicted molar refractivity (Wildman–Crippen MR) is 89.2 cm³/mol. The molecule has 0 aliphatic rings. The number of amides is 2. The second kappa shape index (κ2) is 6.08. The summed E-state index contributed by atoms with van der Waals surface area (Å²) in [7, 11) is 0. The first-order valence-electron chi connectivity index (χ1n) is 7.10. The zero-order valence-corrected chi connectivity index (χ0v) is 13.2. The molecule has 0 aliphatic heterocycles. The summed E-state index contributed by atoms with van der Waals surface area (Å²) in [4.78, 5) is 11.9. The molecule has 6 nitrogen and oxygen atoms in total.